The minimum Gasteiger partial charge on any atom is -0.493 e. The van der Waals surface area contributed by atoms with Gasteiger partial charge in [-0.15, -0.1) is 5.10 Å². The van der Waals surface area contributed by atoms with Crippen LogP contribution in [0.3, 0.4) is 0 Å². The first-order chi connectivity index (χ1) is 9.19. The second-order valence-electron chi connectivity index (χ2n) is 3.81. The van der Waals surface area contributed by atoms with Crippen molar-refractivity contribution < 1.29 is 14.7 Å². The molecule has 0 aliphatic heterocycles. The van der Waals surface area contributed by atoms with Gasteiger partial charge in [0.05, 0.1) is 18.5 Å². The highest BCUT2D eigenvalue weighted by Gasteiger charge is 2.21. The Bertz CT molecular complexity index is 591. The van der Waals surface area contributed by atoms with Gasteiger partial charge in [0.25, 0.3) is 0 Å². The van der Waals surface area contributed by atoms with Crippen molar-refractivity contribution in [3.8, 4) is 17.4 Å². The molecule has 0 radical (unpaired) electrons. The molecule has 6 nitrogen and oxygen atoms in total. The number of aromatic nitrogens is 2. The summed E-state index contributed by atoms with van der Waals surface area (Å²) in [6.45, 7) is 1.71. The van der Waals surface area contributed by atoms with E-state index in [0.717, 1.165) is 5.69 Å². The minimum atomic E-state index is -0.0404. The molecule has 0 amide bonds. The highest BCUT2D eigenvalue weighted by Crippen LogP contribution is 2.30. The average molecular weight is 261 g/mol. The van der Waals surface area contributed by atoms with Crippen LogP contribution in [-0.4, -0.2) is 34.8 Å². The SMILES string of the molecule is CO/N=C(\C)c1c(OC)nn(-c2ccccc2)c1O. The number of benzene rings is 1. The third-order valence-corrected chi connectivity index (χ3v) is 2.61. The monoisotopic (exact) mass is 261 g/mol. The van der Waals surface area contributed by atoms with Crippen molar-refractivity contribution in [2.24, 2.45) is 5.16 Å². The predicted octanol–water partition coefficient (Wildman–Crippen LogP) is 1.96. The van der Waals surface area contributed by atoms with E-state index >= 15 is 0 Å². The van der Waals surface area contributed by atoms with Crippen molar-refractivity contribution in [3.05, 3.63) is 35.9 Å². The van der Waals surface area contributed by atoms with Gasteiger partial charge < -0.3 is 14.7 Å². The van der Waals surface area contributed by atoms with E-state index in [2.05, 4.69) is 10.3 Å². The summed E-state index contributed by atoms with van der Waals surface area (Å²) in [5, 5.41) is 18.3. The summed E-state index contributed by atoms with van der Waals surface area (Å²) in [6, 6.07) is 9.27. The smallest absolute Gasteiger partial charge is 0.246 e. The number of ether oxygens (including phenoxy) is 1. The van der Waals surface area contributed by atoms with Crippen LogP contribution in [0.4, 0.5) is 0 Å². The van der Waals surface area contributed by atoms with Crippen LogP contribution in [-0.2, 0) is 4.84 Å². The summed E-state index contributed by atoms with van der Waals surface area (Å²) in [6.07, 6.45) is 0. The molecule has 0 spiro atoms. The van der Waals surface area contributed by atoms with Crippen molar-refractivity contribution in [1.29, 1.82) is 0 Å². The predicted molar refractivity (Wildman–Crippen MR) is 71.0 cm³/mol. The van der Waals surface area contributed by atoms with E-state index < -0.39 is 0 Å². The Morgan fingerprint density at radius 1 is 1.26 bits per heavy atom. The van der Waals surface area contributed by atoms with Crippen LogP contribution in [0.25, 0.3) is 5.69 Å². The average Bonchev–Trinajstić information content (AvgIpc) is 2.77. The number of oxime groups is 1. The van der Waals surface area contributed by atoms with Gasteiger partial charge in [0, 0.05) is 0 Å². The van der Waals surface area contributed by atoms with Crippen molar-refractivity contribution in [3.63, 3.8) is 0 Å². The molecule has 19 heavy (non-hydrogen) atoms. The molecule has 0 aliphatic carbocycles. The van der Waals surface area contributed by atoms with Gasteiger partial charge in [0.15, 0.2) is 0 Å². The third-order valence-electron chi connectivity index (χ3n) is 2.61. The topological polar surface area (TPSA) is 68.9 Å². The molecule has 0 atom stereocenters. The molecule has 0 fully saturated rings. The highest BCUT2D eigenvalue weighted by molar-refractivity contribution is 6.02. The van der Waals surface area contributed by atoms with Crippen LogP contribution in [0.1, 0.15) is 12.5 Å². The van der Waals surface area contributed by atoms with Crippen LogP contribution in [0, 0.1) is 0 Å². The van der Waals surface area contributed by atoms with Crippen molar-refractivity contribution >= 4 is 5.71 Å². The van der Waals surface area contributed by atoms with Crippen LogP contribution in [0.5, 0.6) is 11.8 Å². The minimum absolute atomic E-state index is 0.0404. The highest BCUT2D eigenvalue weighted by atomic mass is 16.6. The molecule has 1 heterocycles. The number of rotatable bonds is 4. The Balaban J connectivity index is 2.58. The number of nitrogens with zero attached hydrogens (tertiary/aromatic N) is 3. The van der Waals surface area contributed by atoms with Crippen LogP contribution < -0.4 is 4.74 Å². The molecule has 0 saturated heterocycles. The summed E-state index contributed by atoms with van der Waals surface area (Å²) in [5.74, 6) is 0.251. The van der Waals surface area contributed by atoms with Crippen LogP contribution >= 0.6 is 0 Å². The van der Waals surface area contributed by atoms with Gasteiger partial charge in [-0.25, -0.2) is 0 Å². The number of hydrogen-bond donors (Lipinski definition) is 1. The molecule has 0 unspecified atom stereocenters. The van der Waals surface area contributed by atoms with E-state index in [1.165, 1.54) is 18.9 Å². The summed E-state index contributed by atoms with van der Waals surface area (Å²) in [7, 11) is 2.93. The van der Waals surface area contributed by atoms with E-state index in [4.69, 9.17) is 9.57 Å². The lowest BCUT2D eigenvalue weighted by Crippen LogP contribution is -1.98. The normalized spacial score (nSPS) is 11.4. The van der Waals surface area contributed by atoms with E-state index in [-0.39, 0.29) is 5.88 Å². The van der Waals surface area contributed by atoms with Crippen LogP contribution in [0.2, 0.25) is 0 Å². The molecule has 2 aromatic rings. The van der Waals surface area contributed by atoms with Crippen molar-refractivity contribution in [2.75, 3.05) is 14.2 Å². The fourth-order valence-corrected chi connectivity index (χ4v) is 1.78. The second kappa shape index (κ2) is 5.43. The Labute approximate surface area is 110 Å². The molecule has 1 aromatic heterocycles. The maximum absolute atomic E-state index is 10.3. The molecular weight excluding hydrogens is 246 g/mol. The molecule has 6 heteroatoms. The summed E-state index contributed by atoms with van der Waals surface area (Å²) in [5.41, 5.74) is 1.63. The van der Waals surface area contributed by atoms with Gasteiger partial charge >= 0.3 is 0 Å². The van der Waals surface area contributed by atoms with E-state index in [0.29, 0.717) is 17.2 Å². The number of aromatic hydroxyl groups is 1. The lowest BCUT2D eigenvalue weighted by Gasteiger charge is -2.02. The third kappa shape index (κ3) is 2.37. The molecule has 0 bridgehead atoms. The first kappa shape index (κ1) is 12.9. The van der Waals surface area contributed by atoms with E-state index in [1.807, 2.05) is 30.3 Å². The zero-order valence-electron chi connectivity index (χ0n) is 11.0. The molecule has 0 saturated carbocycles. The van der Waals surface area contributed by atoms with Gasteiger partial charge in [-0.3, -0.25) is 0 Å². The fraction of sp³-hybridized carbons (Fsp3) is 0.231. The lowest BCUT2D eigenvalue weighted by molar-refractivity contribution is 0.213. The zero-order chi connectivity index (χ0) is 13.8. The summed E-state index contributed by atoms with van der Waals surface area (Å²) in [4.78, 5) is 4.71. The van der Waals surface area contributed by atoms with Crippen LogP contribution in [0.15, 0.2) is 35.5 Å². The maximum Gasteiger partial charge on any atom is 0.246 e. The largest absolute Gasteiger partial charge is 0.493 e. The van der Waals surface area contributed by atoms with Crippen molar-refractivity contribution in [2.45, 2.75) is 6.92 Å². The van der Waals surface area contributed by atoms with Gasteiger partial charge in [-0.2, -0.15) is 4.68 Å². The van der Waals surface area contributed by atoms with Gasteiger partial charge in [-0.05, 0) is 19.1 Å². The van der Waals surface area contributed by atoms with E-state index in [1.54, 1.807) is 6.92 Å². The quantitative estimate of drug-likeness (QED) is 0.674. The van der Waals surface area contributed by atoms with Crippen molar-refractivity contribution in [1.82, 2.24) is 9.78 Å². The molecule has 2 rings (SSSR count). The molecular formula is C13H15N3O3. The lowest BCUT2D eigenvalue weighted by atomic mass is 10.2. The molecule has 1 N–H and O–H groups in total. The zero-order valence-corrected chi connectivity index (χ0v) is 11.0. The molecule has 0 aliphatic rings. The van der Waals surface area contributed by atoms with E-state index in [9.17, 15) is 5.11 Å². The van der Waals surface area contributed by atoms with Gasteiger partial charge in [0.2, 0.25) is 11.8 Å². The Kier molecular flexibility index (Phi) is 3.70. The second-order valence-corrected chi connectivity index (χ2v) is 3.81. The fourth-order valence-electron chi connectivity index (χ4n) is 1.78. The summed E-state index contributed by atoms with van der Waals surface area (Å²) < 4.78 is 6.56. The van der Waals surface area contributed by atoms with Gasteiger partial charge in [-0.1, -0.05) is 23.4 Å². The number of para-hydroxylation sites is 1. The Morgan fingerprint density at radius 2 is 1.95 bits per heavy atom. The Hall–Kier alpha value is -2.50. The Morgan fingerprint density at radius 3 is 2.53 bits per heavy atom. The first-order valence-corrected chi connectivity index (χ1v) is 5.68. The number of hydrogen-bond acceptors (Lipinski definition) is 5. The molecule has 100 valence electrons. The summed E-state index contributed by atoms with van der Waals surface area (Å²) >= 11 is 0. The maximum atomic E-state index is 10.3. The van der Waals surface area contributed by atoms with Gasteiger partial charge in [0.1, 0.15) is 12.7 Å². The molecule has 1 aromatic carbocycles. The number of methoxy groups -OCH3 is 1. The standard InChI is InChI=1S/C13H15N3O3/c1-9(15-19-3)11-12(18-2)14-16(13(11)17)10-7-5-4-6-8-10/h4-8,17H,1-3H3/b15-9+. The first-order valence-electron chi connectivity index (χ1n) is 5.68.